The van der Waals surface area contributed by atoms with Crippen LogP contribution in [0, 0.1) is 0 Å². The van der Waals surface area contributed by atoms with Gasteiger partial charge in [-0.3, -0.25) is 0 Å². The lowest BCUT2D eigenvalue weighted by atomic mass is 10.1. The Morgan fingerprint density at radius 2 is 1.71 bits per heavy atom. The Morgan fingerprint density at radius 1 is 1.05 bits per heavy atom. The molecule has 0 aromatic heterocycles. The van der Waals surface area contributed by atoms with Crippen molar-refractivity contribution in [3.05, 3.63) is 59.7 Å². The van der Waals surface area contributed by atoms with Gasteiger partial charge in [-0.2, -0.15) is 13.2 Å². The summed E-state index contributed by atoms with van der Waals surface area (Å²) in [6.07, 6.45) is -5.46. The molecule has 2 aromatic rings. The van der Waals surface area contributed by atoms with E-state index in [1.54, 1.807) is 12.1 Å². The van der Waals surface area contributed by atoms with Crippen LogP contribution in [0.1, 0.15) is 17.2 Å². The molecule has 0 saturated heterocycles. The molecular formula is C15H13F3O3. The third-order valence-corrected chi connectivity index (χ3v) is 2.85. The van der Waals surface area contributed by atoms with Crippen LogP contribution in [0.3, 0.4) is 0 Å². The first-order chi connectivity index (χ1) is 9.86. The zero-order chi connectivity index (χ0) is 15.5. The van der Waals surface area contributed by atoms with E-state index in [9.17, 15) is 23.4 Å². The quantitative estimate of drug-likeness (QED) is 0.908. The van der Waals surface area contributed by atoms with Crippen molar-refractivity contribution in [3.63, 3.8) is 0 Å². The minimum absolute atomic E-state index is 0.0246. The number of halogens is 3. The summed E-state index contributed by atoms with van der Waals surface area (Å²) in [5, 5.41) is 19.1. The SMILES string of the molecule is Oc1cccc(OCC(O)c2ccc(C(F)(F)F)cc2)c1. The van der Waals surface area contributed by atoms with Gasteiger partial charge < -0.3 is 14.9 Å². The van der Waals surface area contributed by atoms with E-state index in [-0.39, 0.29) is 12.4 Å². The number of alkyl halides is 3. The van der Waals surface area contributed by atoms with Crippen LogP contribution in [0.4, 0.5) is 13.2 Å². The third kappa shape index (κ3) is 4.13. The maximum atomic E-state index is 12.4. The van der Waals surface area contributed by atoms with Crippen molar-refractivity contribution in [2.24, 2.45) is 0 Å². The fourth-order valence-electron chi connectivity index (χ4n) is 1.74. The molecule has 2 aromatic carbocycles. The van der Waals surface area contributed by atoms with Gasteiger partial charge in [0.2, 0.25) is 0 Å². The van der Waals surface area contributed by atoms with Gasteiger partial charge in [0.05, 0.1) is 5.56 Å². The Morgan fingerprint density at radius 3 is 2.29 bits per heavy atom. The summed E-state index contributed by atoms with van der Waals surface area (Å²) in [6, 6.07) is 10.3. The van der Waals surface area contributed by atoms with Crippen molar-refractivity contribution in [2.75, 3.05) is 6.61 Å². The topological polar surface area (TPSA) is 49.7 Å². The highest BCUT2D eigenvalue weighted by atomic mass is 19.4. The first-order valence-electron chi connectivity index (χ1n) is 6.13. The van der Waals surface area contributed by atoms with Crippen LogP contribution in [0.15, 0.2) is 48.5 Å². The van der Waals surface area contributed by atoms with E-state index >= 15 is 0 Å². The lowest BCUT2D eigenvalue weighted by Crippen LogP contribution is -2.10. The Kier molecular flexibility index (Phi) is 4.37. The number of aliphatic hydroxyl groups is 1. The Balaban J connectivity index is 1.99. The number of aliphatic hydroxyl groups excluding tert-OH is 1. The van der Waals surface area contributed by atoms with Gasteiger partial charge in [0.15, 0.2) is 0 Å². The summed E-state index contributed by atoms with van der Waals surface area (Å²) in [6.45, 7) is -0.130. The number of hydrogen-bond acceptors (Lipinski definition) is 3. The molecule has 0 radical (unpaired) electrons. The highest BCUT2D eigenvalue weighted by Gasteiger charge is 2.30. The maximum absolute atomic E-state index is 12.4. The first kappa shape index (κ1) is 15.2. The second-order valence-electron chi connectivity index (χ2n) is 4.44. The number of aromatic hydroxyl groups is 1. The molecule has 0 amide bonds. The van der Waals surface area contributed by atoms with E-state index in [0.717, 1.165) is 12.1 Å². The Hall–Kier alpha value is -2.21. The van der Waals surface area contributed by atoms with E-state index in [1.165, 1.54) is 24.3 Å². The molecule has 0 fully saturated rings. The molecule has 112 valence electrons. The second kappa shape index (κ2) is 6.05. The molecule has 3 nitrogen and oxygen atoms in total. The van der Waals surface area contributed by atoms with Gasteiger partial charge in [-0.25, -0.2) is 0 Å². The number of phenols is 1. The van der Waals surface area contributed by atoms with Gasteiger partial charge in [0.1, 0.15) is 24.2 Å². The summed E-state index contributed by atoms with van der Waals surface area (Å²) in [5.41, 5.74) is -0.449. The molecule has 1 atom stereocenters. The lowest BCUT2D eigenvalue weighted by Gasteiger charge is -2.14. The molecule has 21 heavy (non-hydrogen) atoms. The van der Waals surface area contributed by atoms with Gasteiger partial charge in [-0.15, -0.1) is 0 Å². The van der Waals surface area contributed by atoms with Crippen LogP contribution in [-0.4, -0.2) is 16.8 Å². The highest BCUT2D eigenvalue weighted by Crippen LogP contribution is 2.30. The van der Waals surface area contributed by atoms with Crippen molar-refractivity contribution in [2.45, 2.75) is 12.3 Å². The largest absolute Gasteiger partial charge is 0.508 e. The number of ether oxygens (including phenoxy) is 1. The molecule has 0 spiro atoms. The predicted octanol–water partition coefficient (Wildman–Crippen LogP) is 3.52. The summed E-state index contributed by atoms with van der Waals surface area (Å²) < 4.78 is 42.5. The standard InChI is InChI=1S/C15H13F3O3/c16-15(17,18)11-6-4-10(5-7-11)14(20)9-21-13-3-1-2-12(19)8-13/h1-8,14,19-20H,9H2. The van der Waals surface area contributed by atoms with Crippen LogP contribution in [0.25, 0.3) is 0 Å². The van der Waals surface area contributed by atoms with Gasteiger partial charge in [-0.05, 0) is 29.8 Å². The molecule has 0 heterocycles. The van der Waals surface area contributed by atoms with E-state index in [1.807, 2.05) is 0 Å². The average molecular weight is 298 g/mol. The zero-order valence-corrected chi connectivity index (χ0v) is 10.8. The molecule has 6 heteroatoms. The van der Waals surface area contributed by atoms with Crippen LogP contribution in [0.2, 0.25) is 0 Å². The van der Waals surface area contributed by atoms with Crippen LogP contribution in [-0.2, 0) is 6.18 Å². The first-order valence-corrected chi connectivity index (χ1v) is 6.13. The molecular weight excluding hydrogens is 285 g/mol. The van der Waals surface area contributed by atoms with E-state index < -0.39 is 17.8 Å². The molecule has 0 aliphatic rings. The monoisotopic (exact) mass is 298 g/mol. The Bertz CT molecular complexity index is 594. The summed E-state index contributed by atoms with van der Waals surface area (Å²) in [7, 11) is 0. The van der Waals surface area contributed by atoms with Gasteiger partial charge in [0, 0.05) is 6.07 Å². The number of hydrogen-bond donors (Lipinski definition) is 2. The molecule has 0 saturated carbocycles. The fourth-order valence-corrected chi connectivity index (χ4v) is 1.74. The molecule has 0 aliphatic heterocycles. The van der Waals surface area contributed by atoms with E-state index in [2.05, 4.69) is 0 Å². The molecule has 2 N–H and O–H groups in total. The lowest BCUT2D eigenvalue weighted by molar-refractivity contribution is -0.137. The Labute approximate surface area is 119 Å². The molecule has 1 unspecified atom stereocenters. The summed E-state index contributed by atoms with van der Waals surface area (Å²) in [4.78, 5) is 0. The minimum Gasteiger partial charge on any atom is -0.508 e. The van der Waals surface area contributed by atoms with E-state index in [4.69, 9.17) is 4.74 Å². The highest BCUT2D eigenvalue weighted by molar-refractivity contribution is 5.32. The fraction of sp³-hybridized carbons (Fsp3) is 0.200. The average Bonchev–Trinajstić information content (AvgIpc) is 2.44. The van der Waals surface area contributed by atoms with Crippen molar-refractivity contribution < 1.29 is 28.1 Å². The molecule has 2 rings (SSSR count). The minimum atomic E-state index is -4.40. The number of rotatable bonds is 4. The van der Waals surface area contributed by atoms with Gasteiger partial charge in [0.25, 0.3) is 0 Å². The second-order valence-corrected chi connectivity index (χ2v) is 4.44. The van der Waals surface area contributed by atoms with Crippen molar-refractivity contribution in [1.29, 1.82) is 0 Å². The molecule has 0 aliphatic carbocycles. The van der Waals surface area contributed by atoms with Crippen LogP contribution >= 0.6 is 0 Å². The summed E-state index contributed by atoms with van der Waals surface area (Å²) in [5.74, 6) is 0.387. The van der Waals surface area contributed by atoms with Crippen LogP contribution in [0.5, 0.6) is 11.5 Å². The zero-order valence-electron chi connectivity index (χ0n) is 10.8. The third-order valence-electron chi connectivity index (χ3n) is 2.85. The normalized spacial score (nSPS) is 13.0. The van der Waals surface area contributed by atoms with Gasteiger partial charge >= 0.3 is 6.18 Å². The smallest absolute Gasteiger partial charge is 0.416 e. The number of phenolic OH excluding ortho intramolecular Hbond substituents is 1. The van der Waals surface area contributed by atoms with Crippen molar-refractivity contribution in [3.8, 4) is 11.5 Å². The maximum Gasteiger partial charge on any atom is 0.416 e. The van der Waals surface area contributed by atoms with E-state index in [0.29, 0.717) is 11.3 Å². The molecule has 0 bridgehead atoms. The number of benzene rings is 2. The van der Waals surface area contributed by atoms with Crippen LogP contribution < -0.4 is 4.74 Å². The summed E-state index contributed by atoms with van der Waals surface area (Å²) >= 11 is 0. The van der Waals surface area contributed by atoms with Gasteiger partial charge in [-0.1, -0.05) is 18.2 Å². The predicted molar refractivity (Wildman–Crippen MR) is 70.0 cm³/mol. The van der Waals surface area contributed by atoms with Crippen molar-refractivity contribution >= 4 is 0 Å². The van der Waals surface area contributed by atoms with Crippen molar-refractivity contribution in [1.82, 2.24) is 0 Å².